The number of hydrogen-bond acceptors (Lipinski definition) is 4. The molecule has 7 heteroatoms. The van der Waals surface area contributed by atoms with Crippen LogP contribution in [0.3, 0.4) is 0 Å². The fourth-order valence-electron chi connectivity index (χ4n) is 0.775. The van der Waals surface area contributed by atoms with Crippen LogP contribution in [0.15, 0.2) is 6.20 Å². The zero-order valence-electron chi connectivity index (χ0n) is 6.84. The molecule has 0 amide bonds. The summed E-state index contributed by atoms with van der Waals surface area (Å²) in [5.74, 6) is 0. The van der Waals surface area contributed by atoms with Crippen LogP contribution in [0.4, 0.5) is 4.79 Å². The molecule has 4 nitrogen and oxygen atoms in total. The van der Waals surface area contributed by atoms with Crippen LogP contribution in [0, 0.1) is 0 Å². The third-order valence-electron chi connectivity index (χ3n) is 1.37. The topological polar surface area (TPSA) is 52.1 Å². The van der Waals surface area contributed by atoms with Gasteiger partial charge in [-0.3, -0.25) is 0 Å². The molecule has 0 N–H and O–H groups in total. The van der Waals surface area contributed by atoms with E-state index >= 15 is 0 Å². The van der Waals surface area contributed by atoms with Crippen molar-refractivity contribution in [3.8, 4) is 0 Å². The summed E-state index contributed by atoms with van der Waals surface area (Å²) >= 11 is 16.4. The predicted molar refractivity (Wildman–Crippen MR) is 53.0 cm³/mol. The van der Waals surface area contributed by atoms with E-state index in [1.807, 2.05) is 0 Å². The van der Waals surface area contributed by atoms with E-state index in [4.69, 9.17) is 34.8 Å². The molecule has 0 bridgehead atoms. The van der Waals surface area contributed by atoms with Crippen molar-refractivity contribution >= 4 is 40.2 Å². The number of hydrogen-bond donors (Lipinski definition) is 0. The molecule has 1 rings (SSSR count). The van der Waals surface area contributed by atoms with Gasteiger partial charge in [-0.2, -0.15) is 10.2 Å². The second-order valence-corrected chi connectivity index (χ2v) is 3.38. The van der Waals surface area contributed by atoms with Gasteiger partial charge in [0.25, 0.3) is 0 Å². The van der Waals surface area contributed by atoms with E-state index in [1.165, 1.54) is 6.20 Å². The molecule has 0 aromatic carbocycles. The summed E-state index contributed by atoms with van der Waals surface area (Å²) in [6, 6.07) is 0. The average Bonchev–Trinajstić information content (AvgIpc) is 2.12. The van der Waals surface area contributed by atoms with Gasteiger partial charge >= 0.3 is 5.43 Å². The number of ether oxygens (including phenoxy) is 1. The van der Waals surface area contributed by atoms with E-state index in [0.29, 0.717) is 22.2 Å². The number of halogens is 3. The van der Waals surface area contributed by atoms with Crippen LogP contribution >= 0.6 is 34.8 Å². The maximum Gasteiger partial charge on any atom is 0.403 e. The second kappa shape index (κ2) is 5.34. The Morgan fingerprint density at radius 1 is 1.50 bits per heavy atom. The molecule has 1 aromatic rings. The van der Waals surface area contributed by atoms with Crippen molar-refractivity contribution in [3.05, 3.63) is 21.9 Å². The van der Waals surface area contributed by atoms with Crippen molar-refractivity contribution in [2.75, 3.05) is 6.61 Å². The average molecular weight is 255 g/mol. The first kappa shape index (κ1) is 11.5. The monoisotopic (exact) mass is 254 g/mol. The number of rotatable bonds is 3. The lowest BCUT2D eigenvalue weighted by molar-refractivity contribution is 0.174. The Bertz CT molecular complexity index is 346. The Kier molecular flexibility index (Phi) is 4.38. The van der Waals surface area contributed by atoms with E-state index in [1.54, 1.807) is 0 Å². The normalized spacial score (nSPS) is 9.93. The molecule has 14 heavy (non-hydrogen) atoms. The molecule has 1 aromatic heterocycles. The molecule has 0 fully saturated rings. The van der Waals surface area contributed by atoms with Crippen LogP contribution < -0.4 is 0 Å². The molecule has 76 valence electrons. The summed E-state index contributed by atoms with van der Waals surface area (Å²) < 4.78 is 4.50. The summed E-state index contributed by atoms with van der Waals surface area (Å²) in [5.41, 5.74) is -0.395. The van der Waals surface area contributed by atoms with E-state index in [2.05, 4.69) is 14.9 Å². The van der Waals surface area contributed by atoms with Crippen LogP contribution in [0.5, 0.6) is 0 Å². The van der Waals surface area contributed by atoms with Crippen LogP contribution in [-0.4, -0.2) is 22.2 Å². The first-order valence-electron chi connectivity index (χ1n) is 3.59. The molecule has 0 aliphatic carbocycles. The SMILES string of the molecule is O=C(Cl)OCCc1nncc(Cl)c1Cl. The fraction of sp³-hybridized carbons (Fsp3) is 0.286. The van der Waals surface area contributed by atoms with Gasteiger partial charge in [-0.25, -0.2) is 4.79 Å². The third-order valence-corrected chi connectivity index (χ3v) is 2.28. The van der Waals surface area contributed by atoms with E-state index in [0.717, 1.165) is 0 Å². The first-order valence-corrected chi connectivity index (χ1v) is 4.72. The van der Waals surface area contributed by atoms with Gasteiger partial charge in [0.05, 0.1) is 28.5 Å². The summed E-state index contributed by atoms with van der Waals surface area (Å²) in [7, 11) is 0. The summed E-state index contributed by atoms with van der Waals surface area (Å²) in [5, 5.41) is 7.96. The Balaban J connectivity index is 2.59. The molecule has 0 saturated carbocycles. The molecule has 0 radical (unpaired) electrons. The van der Waals surface area contributed by atoms with Gasteiger partial charge in [-0.05, 0) is 0 Å². The van der Waals surface area contributed by atoms with E-state index in [9.17, 15) is 4.79 Å². The van der Waals surface area contributed by atoms with Crippen molar-refractivity contribution in [3.63, 3.8) is 0 Å². The van der Waals surface area contributed by atoms with Crippen molar-refractivity contribution in [1.82, 2.24) is 10.2 Å². The van der Waals surface area contributed by atoms with Gasteiger partial charge in [0.15, 0.2) is 0 Å². The first-order chi connectivity index (χ1) is 6.61. The van der Waals surface area contributed by atoms with Crippen LogP contribution in [-0.2, 0) is 11.2 Å². The summed E-state index contributed by atoms with van der Waals surface area (Å²) in [6.07, 6.45) is 1.66. The van der Waals surface area contributed by atoms with E-state index < -0.39 is 5.43 Å². The standard InChI is InChI=1S/C7H5Cl3N2O2/c8-4-3-11-12-5(6(4)9)1-2-14-7(10)13/h3H,1-2H2. The van der Waals surface area contributed by atoms with Crippen molar-refractivity contribution in [2.24, 2.45) is 0 Å². The Labute approximate surface area is 95.1 Å². The number of nitrogens with zero attached hydrogens (tertiary/aromatic N) is 2. The maximum absolute atomic E-state index is 10.2. The lowest BCUT2D eigenvalue weighted by atomic mass is 10.3. The maximum atomic E-state index is 10.2. The predicted octanol–water partition coefficient (Wildman–Crippen LogP) is 2.70. The number of aromatic nitrogens is 2. The smallest absolute Gasteiger partial charge is 0.403 e. The Morgan fingerprint density at radius 3 is 2.86 bits per heavy atom. The van der Waals surface area contributed by atoms with Crippen LogP contribution in [0.2, 0.25) is 10.0 Å². The quantitative estimate of drug-likeness (QED) is 0.779. The molecule has 0 spiro atoms. The Morgan fingerprint density at radius 2 is 2.21 bits per heavy atom. The molecule has 0 unspecified atom stereocenters. The molecule has 0 atom stereocenters. The molecule has 1 heterocycles. The van der Waals surface area contributed by atoms with Gasteiger partial charge in [-0.1, -0.05) is 23.2 Å². The molecule has 0 aliphatic rings. The van der Waals surface area contributed by atoms with Gasteiger partial charge in [0.1, 0.15) is 0 Å². The molecule has 0 aliphatic heterocycles. The highest BCUT2D eigenvalue weighted by Gasteiger charge is 2.07. The largest absolute Gasteiger partial charge is 0.453 e. The number of carbonyl (C=O) groups excluding carboxylic acids is 1. The summed E-state index contributed by atoms with van der Waals surface area (Å²) in [6.45, 7) is 0.0943. The highest BCUT2D eigenvalue weighted by molar-refractivity contribution is 6.61. The minimum absolute atomic E-state index is 0.0943. The minimum Gasteiger partial charge on any atom is -0.453 e. The van der Waals surface area contributed by atoms with Crippen molar-refractivity contribution in [1.29, 1.82) is 0 Å². The van der Waals surface area contributed by atoms with Crippen LogP contribution in [0.25, 0.3) is 0 Å². The highest BCUT2D eigenvalue weighted by Crippen LogP contribution is 2.22. The lowest BCUT2D eigenvalue weighted by Crippen LogP contribution is -2.03. The van der Waals surface area contributed by atoms with Gasteiger partial charge < -0.3 is 4.74 Å². The minimum atomic E-state index is -0.865. The zero-order valence-corrected chi connectivity index (χ0v) is 9.10. The van der Waals surface area contributed by atoms with Crippen molar-refractivity contribution in [2.45, 2.75) is 6.42 Å². The zero-order chi connectivity index (χ0) is 10.6. The molecule has 0 saturated heterocycles. The molecular formula is C7H5Cl3N2O2. The fourth-order valence-corrected chi connectivity index (χ4v) is 1.19. The van der Waals surface area contributed by atoms with E-state index in [-0.39, 0.29) is 6.61 Å². The Hall–Kier alpha value is -0.580. The van der Waals surface area contributed by atoms with Gasteiger partial charge in [0.2, 0.25) is 0 Å². The third kappa shape index (κ3) is 3.29. The lowest BCUT2D eigenvalue weighted by Gasteiger charge is -2.02. The highest BCUT2D eigenvalue weighted by atomic mass is 35.5. The van der Waals surface area contributed by atoms with Gasteiger partial charge in [0, 0.05) is 18.0 Å². The molecular weight excluding hydrogens is 250 g/mol. The summed E-state index contributed by atoms with van der Waals surface area (Å²) in [4.78, 5) is 10.2. The van der Waals surface area contributed by atoms with Gasteiger partial charge in [-0.15, -0.1) is 0 Å². The second-order valence-electron chi connectivity index (χ2n) is 2.29. The van der Waals surface area contributed by atoms with Crippen molar-refractivity contribution < 1.29 is 9.53 Å². The van der Waals surface area contributed by atoms with Crippen LogP contribution in [0.1, 0.15) is 5.69 Å². The number of carbonyl (C=O) groups is 1.